The summed E-state index contributed by atoms with van der Waals surface area (Å²) in [5.74, 6) is 0.849. The maximum absolute atomic E-state index is 5.13. The molecule has 1 aromatic carbocycles. The van der Waals surface area contributed by atoms with E-state index in [9.17, 15) is 0 Å². The number of anilines is 1. The average molecular weight is 257 g/mol. The molecule has 0 saturated heterocycles. The molecule has 1 aliphatic rings. The number of benzene rings is 1. The van der Waals surface area contributed by atoms with Crippen molar-refractivity contribution in [2.45, 2.75) is 0 Å². The summed E-state index contributed by atoms with van der Waals surface area (Å²) in [6, 6.07) is 7.82. The van der Waals surface area contributed by atoms with Crippen LogP contribution in [0.4, 0.5) is 5.69 Å². The zero-order valence-corrected chi connectivity index (χ0v) is 11.6. The Hall–Kier alpha value is -2.23. The zero-order valence-electron chi connectivity index (χ0n) is 11.6. The largest absolute Gasteiger partial charge is 0.497 e. The van der Waals surface area contributed by atoms with Gasteiger partial charge in [0.15, 0.2) is 0 Å². The number of hydrazone groups is 1. The summed E-state index contributed by atoms with van der Waals surface area (Å²) in [6.45, 7) is 0.921. The summed E-state index contributed by atoms with van der Waals surface area (Å²) in [6.07, 6.45) is 8.11. The smallest absolute Gasteiger partial charge is 0.119 e. The minimum Gasteiger partial charge on any atom is -0.497 e. The zero-order chi connectivity index (χ0) is 13.7. The first-order chi connectivity index (χ1) is 9.19. The number of likely N-dealkylation sites (N-methyl/N-ethyl adjacent to an activating group) is 1. The Kier molecular flexibility index (Phi) is 4.23. The fourth-order valence-corrected chi connectivity index (χ4v) is 1.71. The third kappa shape index (κ3) is 3.61. The summed E-state index contributed by atoms with van der Waals surface area (Å²) >= 11 is 0. The van der Waals surface area contributed by atoms with Crippen LogP contribution in [-0.4, -0.2) is 38.9 Å². The minimum atomic E-state index is 0.849. The van der Waals surface area contributed by atoms with Gasteiger partial charge in [-0.1, -0.05) is 6.08 Å². The van der Waals surface area contributed by atoms with Crippen LogP contribution in [-0.2, 0) is 0 Å². The topological polar surface area (TPSA) is 28.1 Å². The number of ether oxygens (including phenoxy) is 1. The van der Waals surface area contributed by atoms with Crippen LogP contribution in [0.15, 0.2) is 53.3 Å². The van der Waals surface area contributed by atoms with Crippen molar-refractivity contribution in [1.82, 2.24) is 4.90 Å². The maximum atomic E-state index is 5.13. The molecule has 0 unspecified atom stereocenters. The van der Waals surface area contributed by atoms with Crippen molar-refractivity contribution in [2.24, 2.45) is 5.10 Å². The fourth-order valence-electron chi connectivity index (χ4n) is 1.71. The van der Waals surface area contributed by atoms with Crippen LogP contribution in [0.5, 0.6) is 5.75 Å². The first kappa shape index (κ1) is 13.2. The van der Waals surface area contributed by atoms with E-state index in [4.69, 9.17) is 4.74 Å². The fraction of sp³-hybridized carbons (Fsp3) is 0.267. The van der Waals surface area contributed by atoms with Crippen LogP contribution in [0.25, 0.3) is 0 Å². The lowest BCUT2D eigenvalue weighted by atomic mass is 10.2. The van der Waals surface area contributed by atoms with Crippen molar-refractivity contribution < 1.29 is 4.74 Å². The number of hydrogen-bond donors (Lipinski definition) is 0. The second-order valence-electron chi connectivity index (χ2n) is 4.43. The normalized spacial score (nSPS) is 14.7. The van der Waals surface area contributed by atoms with Gasteiger partial charge < -0.3 is 9.64 Å². The molecule has 19 heavy (non-hydrogen) atoms. The lowest BCUT2D eigenvalue weighted by Crippen LogP contribution is -2.14. The molecule has 0 atom stereocenters. The summed E-state index contributed by atoms with van der Waals surface area (Å²) in [5, 5.41) is 6.27. The van der Waals surface area contributed by atoms with E-state index in [1.54, 1.807) is 7.11 Å². The van der Waals surface area contributed by atoms with Gasteiger partial charge in [0.2, 0.25) is 0 Å². The molecule has 0 fully saturated rings. The maximum Gasteiger partial charge on any atom is 0.119 e. The van der Waals surface area contributed by atoms with E-state index in [1.807, 2.05) is 49.6 Å². The minimum absolute atomic E-state index is 0.849. The molecule has 0 radical (unpaired) electrons. The van der Waals surface area contributed by atoms with Crippen molar-refractivity contribution in [1.29, 1.82) is 0 Å². The third-order valence-electron chi connectivity index (χ3n) is 2.96. The van der Waals surface area contributed by atoms with Gasteiger partial charge in [0.1, 0.15) is 5.75 Å². The molecule has 1 heterocycles. The average Bonchev–Trinajstić information content (AvgIpc) is 2.46. The van der Waals surface area contributed by atoms with Gasteiger partial charge >= 0.3 is 0 Å². The Bertz CT molecular complexity index is 503. The van der Waals surface area contributed by atoms with Crippen LogP contribution in [0, 0.1) is 0 Å². The predicted octanol–water partition coefficient (Wildman–Crippen LogP) is 2.50. The van der Waals surface area contributed by atoms with Crippen LogP contribution in [0.3, 0.4) is 0 Å². The Morgan fingerprint density at radius 2 is 2.05 bits per heavy atom. The van der Waals surface area contributed by atoms with Crippen molar-refractivity contribution in [3.8, 4) is 5.75 Å². The number of allylic oxidation sites excluding steroid dienone is 2. The number of hydrogen-bond acceptors (Lipinski definition) is 4. The quantitative estimate of drug-likeness (QED) is 0.613. The van der Waals surface area contributed by atoms with Crippen LogP contribution >= 0.6 is 0 Å². The van der Waals surface area contributed by atoms with Gasteiger partial charge in [0.05, 0.1) is 19.0 Å². The molecule has 0 aromatic heterocycles. The highest BCUT2D eigenvalue weighted by molar-refractivity contribution is 5.83. The Morgan fingerprint density at radius 3 is 2.63 bits per heavy atom. The highest BCUT2D eigenvalue weighted by atomic mass is 16.5. The molecule has 4 nitrogen and oxygen atoms in total. The second-order valence-corrected chi connectivity index (χ2v) is 4.43. The number of methoxy groups -OCH3 is 1. The van der Waals surface area contributed by atoms with E-state index in [0.717, 1.165) is 23.6 Å². The number of nitrogens with zero attached hydrogens (tertiary/aromatic N) is 3. The number of rotatable bonds is 4. The molecule has 1 aromatic rings. The standard InChI is InChI=1S/C15H19N3O/c1-17-10-8-13(9-11-17)12-16-18(2)14-4-6-15(19-3)7-5-14/h4-10,12H,11H2,1-3H3/b16-12+. The molecule has 4 heteroatoms. The van der Waals surface area contributed by atoms with Gasteiger partial charge in [-0.2, -0.15) is 5.10 Å². The van der Waals surface area contributed by atoms with Gasteiger partial charge in [-0.15, -0.1) is 0 Å². The molecular weight excluding hydrogens is 238 g/mol. The van der Waals surface area contributed by atoms with Gasteiger partial charge in [0.25, 0.3) is 0 Å². The SMILES string of the molecule is COc1ccc(N(C)/N=C/C2=CCN(C)C=C2)cc1. The molecule has 0 spiro atoms. The molecule has 0 N–H and O–H groups in total. The van der Waals surface area contributed by atoms with Crippen molar-refractivity contribution in [3.63, 3.8) is 0 Å². The van der Waals surface area contributed by atoms with Gasteiger partial charge in [-0.3, -0.25) is 5.01 Å². The van der Waals surface area contributed by atoms with Crippen molar-refractivity contribution in [3.05, 3.63) is 48.2 Å². The predicted molar refractivity (Wildman–Crippen MR) is 79.7 cm³/mol. The first-order valence-electron chi connectivity index (χ1n) is 6.19. The summed E-state index contributed by atoms with van der Waals surface area (Å²) in [4.78, 5) is 2.12. The van der Waals surface area contributed by atoms with Crippen molar-refractivity contribution >= 4 is 11.9 Å². The van der Waals surface area contributed by atoms with E-state index in [2.05, 4.69) is 28.4 Å². The molecule has 2 rings (SSSR count). The molecule has 0 aliphatic carbocycles. The van der Waals surface area contributed by atoms with E-state index < -0.39 is 0 Å². The van der Waals surface area contributed by atoms with Gasteiger partial charge in [0, 0.05) is 20.6 Å². The highest BCUT2D eigenvalue weighted by Gasteiger charge is 2.00. The summed E-state index contributed by atoms with van der Waals surface area (Å²) in [7, 11) is 5.64. The lowest BCUT2D eigenvalue weighted by Gasteiger charge is -2.16. The van der Waals surface area contributed by atoms with Crippen LogP contribution in [0.1, 0.15) is 0 Å². The van der Waals surface area contributed by atoms with Crippen molar-refractivity contribution in [2.75, 3.05) is 32.8 Å². The van der Waals surface area contributed by atoms with E-state index in [0.29, 0.717) is 0 Å². The first-order valence-corrected chi connectivity index (χ1v) is 6.19. The second kappa shape index (κ2) is 6.09. The summed E-state index contributed by atoms with van der Waals surface area (Å²) < 4.78 is 5.13. The lowest BCUT2D eigenvalue weighted by molar-refractivity contribution is 0.415. The Balaban J connectivity index is 2.00. The van der Waals surface area contributed by atoms with E-state index in [-0.39, 0.29) is 0 Å². The monoisotopic (exact) mass is 257 g/mol. The van der Waals surface area contributed by atoms with E-state index >= 15 is 0 Å². The molecule has 0 amide bonds. The molecule has 1 aliphatic heterocycles. The Morgan fingerprint density at radius 1 is 1.32 bits per heavy atom. The third-order valence-corrected chi connectivity index (χ3v) is 2.96. The highest BCUT2D eigenvalue weighted by Crippen LogP contribution is 2.18. The van der Waals surface area contributed by atoms with Crippen LogP contribution in [0.2, 0.25) is 0 Å². The van der Waals surface area contributed by atoms with Gasteiger partial charge in [-0.05, 0) is 42.1 Å². The van der Waals surface area contributed by atoms with E-state index in [1.165, 1.54) is 0 Å². The summed E-state index contributed by atoms with van der Waals surface area (Å²) in [5.41, 5.74) is 2.15. The molecular formula is C15H19N3O. The Labute approximate surface area is 114 Å². The molecule has 0 saturated carbocycles. The molecule has 100 valence electrons. The van der Waals surface area contributed by atoms with Crippen LogP contribution < -0.4 is 9.75 Å². The molecule has 0 bridgehead atoms. The van der Waals surface area contributed by atoms with Gasteiger partial charge in [-0.25, -0.2) is 0 Å².